The van der Waals surface area contributed by atoms with Crippen molar-refractivity contribution in [2.45, 2.75) is 65.9 Å². The second kappa shape index (κ2) is 11.7. The monoisotopic (exact) mass is 404 g/mol. The van der Waals surface area contributed by atoms with Crippen LogP contribution in [0.25, 0.3) is 0 Å². The summed E-state index contributed by atoms with van der Waals surface area (Å²) in [6, 6.07) is 0. The van der Waals surface area contributed by atoms with Crippen LogP contribution in [0.5, 0.6) is 0 Å². The van der Waals surface area contributed by atoms with E-state index in [-0.39, 0.29) is 6.61 Å². The smallest absolute Gasteiger partial charge is 0.349 e. The molecule has 0 rings (SSSR count). The number of carbonyl (C=O) groups excluding carboxylic acids is 1. The van der Waals surface area contributed by atoms with E-state index in [1.54, 1.807) is 13.8 Å². The Bertz CT molecular complexity index is 452. The van der Waals surface area contributed by atoms with E-state index in [0.717, 1.165) is 29.3 Å². The van der Waals surface area contributed by atoms with Crippen LogP contribution in [0.2, 0.25) is 0 Å². The van der Waals surface area contributed by atoms with Crippen LogP contribution in [0.1, 0.15) is 60.3 Å². The molecule has 140 valence electrons. The number of aliphatic hydroxyl groups excluding tert-OH is 1. The van der Waals surface area contributed by atoms with E-state index in [4.69, 9.17) is 9.47 Å². The first-order chi connectivity index (χ1) is 11.2. The predicted octanol–water partition coefficient (Wildman–Crippen LogP) is 4.76. The van der Waals surface area contributed by atoms with Gasteiger partial charge in [-0.05, 0) is 63.7 Å². The van der Waals surface area contributed by atoms with E-state index in [1.807, 2.05) is 19.9 Å². The number of alkyl halides is 1. The Morgan fingerprint density at radius 2 is 1.92 bits per heavy atom. The zero-order chi connectivity index (χ0) is 18.8. The van der Waals surface area contributed by atoms with Crippen molar-refractivity contribution in [1.82, 2.24) is 0 Å². The van der Waals surface area contributed by atoms with Gasteiger partial charge < -0.3 is 14.6 Å². The number of hydrogen-bond acceptors (Lipinski definition) is 4. The predicted molar refractivity (Wildman–Crippen MR) is 102 cm³/mol. The quantitative estimate of drug-likeness (QED) is 0.177. The number of unbranched alkanes of at least 4 members (excludes halogenated alkanes) is 1. The molecule has 0 aliphatic heterocycles. The van der Waals surface area contributed by atoms with Gasteiger partial charge in [-0.2, -0.15) is 0 Å². The molecule has 0 radical (unpaired) electrons. The zero-order valence-corrected chi connectivity index (χ0v) is 17.5. The fourth-order valence-electron chi connectivity index (χ4n) is 2.38. The number of hydrogen-bond donors (Lipinski definition) is 1. The van der Waals surface area contributed by atoms with Crippen LogP contribution in [0, 0.1) is 5.92 Å². The van der Waals surface area contributed by atoms with Crippen LogP contribution in [-0.2, 0) is 14.3 Å². The molecule has 0 aromatic heterocycles. The number of esters is 1. The molecule has 0 saturated carbocycles. The summed E-state index contributed by atoms with van der Waals surface area (Å²) < 4.78 is 10.8. The third-order valence-corrected chi connectivity index (χ3v) is 4.39. The summed E-state index contributed by atoms with van der Waals surface area (Å²) in [6.07, 6.45) is 6.22. The second-order valence-corrected chi connectivity index (χ2v) is 7.68. The molecule has 0 bridgehead atoms. The zero-order valence-electron chi connectivity index (χ0n) is 15.9. The van der Waals surface area contributed by atoms with Gasteiger partial charge in [-0.25, -0.2) is 4.79 Å². The number of halogens is 1. The van der Waals surface area contributed by atoms with Crippen molar-refractivity contribution >= 4 is 21.9 Å². The standard InChI is InChI=1S/C19H33BrO4/c1-14(9-7-8-10-20)11-16(3)17(12-15(2)13-21)24-19(4,5)18(22)23-6/h12,14,21H,7-11,13H2,1-6H3/b15-12-,17-16+. The van der Waals surface area contributed by atoms with Gasteiger partial charge in [0.15, 0.2) is 5.60 Å². The minimum absolute atomic E-state index is 0.0421. The van der Waals surface area contributed by atoms with E-state index in [0.29, 0.717) is 11.7 Å². The highest BCUT2D eigenvalue weighted by molar-refractivity contribution is 9.09. The lowest BCUT2D eigenvalue weighted by atomic mass is 9.95. The van der Waals surface area contributed by atoms with E-state index < -0.39 is 11.6 Å². The molecule has 1 N–H and O–H groups in total. The van der Waals surface area contributed by atoms with Crippen molar-refractivity contribution in [2.75, 3.05) is 19.0 Å². The molecule has 0 aromatic rings. The molecule has 0 aliphatic carbocycles. The van der Waals surface area contributed by atoms with Crippen LogP contribution in [0.4, 0.5) is 0 Å². The number of ether oxygens (including phenoxy) is 2. The molecule has 1 unspecified atom stereocenters. The van der Waals surface area contributed by atoms with Crippen LogP contribution in [0.15, 0.2) is 23.0 Å². The first-order valence-corrected chi connectivity index (χ1v) is 9.61. The van der Waals surface area contributed by atoms with E-state index in [1.165, 1.54) is 20.0 Å². The van der Waals surface area contributed by atoms with Gasteiger partial charge in [0.1, 0.15) is 5.76 Å². The van der Waals surface area contributed by atoms with Crippen LogP contribution in [0.3, 0.4) is 0 Å². The Kier molecular flexibility index (Phi) is 11.3. The highest BCUT2D eigenvalue weighted by atomic mass is 79.9. The molecule has 0 spiro atoms. The molecule has 0 aromatic carbocycles. The molecule has 0 heterocycles. The van der Waals surface area contributed by atoms with Crippen molar-refractivity contribution in [3.8, 4) is 0 Å². The van der Waals surface area contributed by atoms with Gasteiger partial charge in [0, 0.05) is 5.33 Å². The Balaban J connectivity index is 5.26. The summed E-state index contributed by atoms with van der Waals surface area (Å²) in [6.45, 7) is 9.41. The molecule has 24 heavy (non-hydrogen) atoms. The normalized spacial score (nSPS) is 14.9. The second-order valence-electron chi connectivity index (χ2n) is 6.89. The van der Waals surface area contributed by atoms with Gasteiger partial charge in [-0.1, -0.05) is 35.7 Å². The Labute approximate surface area is 155 Å². The average molecular weight is 405 g/mol. The van der Waals surface area contributed by atoms with Gasteiger partial charge in [-0.15, -0.1) is 0 Å². The first-order valence-electron chi connectivity index (χ1n) is 8.49. The maximum absolute atomic E-state index is 11.9. The Morgan fingerprint density at radius 1 is 1.29 bits per heavy atom. The van der Waals surface area contributed by atoms with Gasteiger partial charge in [0.2, 0.25) is 0 Å². The number of aliphatic hydroxyl groups is 1. The topological polar surface area (TPSA) is 55.8 Å². The number of rotatable bonds is 11. The Hall–Kier alpha value is -0.810. The van der Waals surface area contributed by atoms with Crippen molar-refractivity contribution in [2.24, 2.45) is 5.92 Å². The largest absolute Gasteiger partial charge is 0.476 e. The summed E-state index contributed by atoms with van der Waals surface area (Å²) in [7, 11) is 1.35. The summed E-state index contributed by atoms with van der Waals surface area (Å²) in [5, 5.41) is 10.3. The highest BCUT2D eigenvalue weighted by Crippen LogP contribution is 2.26. The third kappa shape index (κ3) is 8.88. The fraction of sp³-hybridized carbons (Fsp3) is 0.737. The molecule has 0 amide bonds. The molecule has 4 nitrogen and oxygen atoms in total. The van der Waals surface area contributed by atoms with Gasteiger partial charge in [-0.3, -0.25) is 0 Å². The van der Waals surface area contributed by atoms with Crippen molar-refractivity contribution in [3.05, 3.63) is 23.0 Å². The molecule has 5 heteroatoms. The lowest BCUT2D eigenvalue weighted by Gasteiger charge is -2.26. The number of carbonyl (C=O) groups is 1. The summed E-state index contributed by atoms with van der Waals surface area (Å²) in [4.78, 5) is 11.9. The Morgan fingerprint density at radius 3 is 2.42 bits per heavy atom. The molecule has 0 fully saturated rings. The average Bonchev–Trinajstić information content (AvgIpc) is 2.53. The summed E-state index contributed by atoms with van der Waals surface area (Å²) >= 11 is 3.46. The summed E-state index contributed by atoms with van der Waals surface area (Å²) in [5.41, 5.74) is 0.791. The minimum Gasteiger partial charge on any atom is -0.476 e. The van der Waals surface area contributed by atoms with E-state index in [2.05, 4.69) is 22.9 Å². The van der Waals surface area contributed by atoms with E-state index >= 15 is 0 Å². The maximum atomic E-state index is 11.9. The third-order valence-electron chi connectivity index (χ3n) is 3.82. The van der Waals surface area contributed by atoms with Crippen molar-refractivity contribution in [3.63, 3.8) is 0 Å². The van der Waals surface area contributed by atoms with Crippen LogP contribution in [-0.4, -0.2) is 35.7 Å². The lowest BCUT2D eigenvalue weighted by molar-refractivity contribution is -0.160. The van der Waals surface area contributed by atoms with Gasteiger partial charge >= 0.3 is 5.97 Å². The molecule has 0 saturated heterocycles. The number of allylic oxidation sites excluding steroid dienone is 2. The van der Waals surface area contributed by atoms with Crippen LogP contribution >= 0.6 is 15.9 Å². The lowest BCUT2D eigenvalue weighted by Crippen LogP contribution is -2.36. The maximum Gasteiger partial charge on any atom is 0.349 e. The van der Waals surface area contributed by atoms with Crippen LogP contribution < -0.4 is 0 Å². The minimum atomic E-state index is -1.07. The summed E-state index contributed by atoms with van der Waals surface area (Å²) in [5.74, 6) is 0.754. The van der Waals surface area contributed by atoms with Crippen molar-refractivity contribution < 1.29 is 19.4 Å². The first kappa shape index (κ1) is 23.2. The van der Waals surface area contributed by atoms with E-state index in [9.17, 15) is 9.90 Å². The molecule has 0 aliphatic rings. The fourth-order valence-corrected chi connectivity index (χ4v) is 2.78. The number of methoxy groups -OCH3 is 1. The molecular weight excluding hydrogens is 372 g/mol. The van der Waals surface area contributed by atoms with Gasteiger partial charge in [0.25, 0.3) is 0 Å². The molecular formula is C19H33BrO4. The molecule has 1 atom stereocenters. The SMILES string of the molecule is COC(=O)C(C)(C)OC(/C=C(/C)CO)=C(\C)CC(C)CCCCBr. The highest BCUT2D eigenvalue weighted by Gasteiger charge is 2.32. The van der Waals surface area contributed by atoms with Gasteiger partial charge in [0.05, 0.1) is 13.7 Å². The van der Waals surface area contributed by atoms with Crippen molar-refractivity contribution in [1.29, 1.82) is 0 Å².